The van der Waals surface area contributed by atoms with Crippen molar-refractivity contribution in [1.29, 1.82) is 0 Å². The van der Waals surface area contributed by atoms with Crippen LogP contribution in [-0.4, -0.2) is 5.25 Å². The Hall–Kier alpha value is 0.350. The van der Waals surface area contributed by atoms with Crippen LogP contribution in [-0.2, 0) is 0 Å². The maximum Gasteiger partial charge on any atom is 0.00167 e. The van der Waals surface area contributed by atoms with Crippen molar-refractivity contribution >= 4 is 12.6 Å². The molecule has 0 saturated heterocycles. The predicted molar refractivity (Wildman–Crippen MR) is 63.4 cm³/mol. The topological polar surface area (TPSA) is 0 Å². The summed E-state index contributed by atoms with van der Waals surface area (Å²) in [5.41, 5.74) is 0. The van der Waals surface area contributed by atoms with Gasteiger partial charge in [0.1, 0.15) is 0 Å². The van der Waals surface area contributed by atoms with Crippen molar-refractivity contribution in [3.8, 4) is 0 Å². The molecule has 0 aromatic heterocycles. The Bertz CT molecular complexity index is 123. The van der Waals surface area contributed by atoms with E-state index in [1.54, 1.807) is 0 Å². The first-order chi connectivity index (χ1) is 6.22. The van der Waals surface area contributed by atoms with Gasteiger partial charge in [-0.15, -0.1) is 0 Å². The largest absolute Gasteiger partial charge is 0.176 e. The maximum atomic E-state index is 4.57. The molecule has 13 heavy (non-hydrogen) atoms. The average molecular weight is 200 g/mol. The van der Waals surface area contributed by atoms with Gasteiger partial charge in [0.25, 0.3) is 0 Å². The van der Waals surface area contributed by atoms with Crippen molar-refractivity contribution in [2.45, 2.75) is 64.0 Å². The van der Waals surface area contributed by atoms with Crippen molar-refractivity contribution in [2.24, 2.45) is 11.8 Å². The maximum absolute atomic E-state index is 4.57. The highest BCUT2D eigenvalue weighted by Crippen LogP contribution is 2.31. The molecule has 1 heteroatoms. The highest BCUT2D eigenvalue weighted by Gasteiger charge is 2.20. The van der Waals surface area contributed by atoms with Gasteiger partial charge in [0, 0.05) is 5.25 Å². The fourth-order valence-corrected chi connectivity index (χ4v) is 2.65. The molecule has 0 aliphatic heterocycles. The summed E-state index contributed by atoms with van der Waals surface area (Å²) in [5, 5.41) is 0.574. The van der Waals surface area contributed by atoms with Gasteiger partial charge in [-0.05, 0) is 11.8 Å². The first kappa shape index (κ1) is 11.4. The van der Waals surface area contributed by atoms with Crippen LogP contribution in [0.3, 0.4) is 0 Å². The second kappa shape index (κ2) is 5.95. The van der Waals surface area contributed by atoms with Crippen LogP contribution in [0, 0.1) is 11.8 Å². The van der Waals surface area contributed by atoms with Crippen LogP contribution in [0.5, 0.6) is 0 Å². The average Bonchev–Trinajstić information content (AvgIpc) is 2.02. The Morgan fingerprint density at radius 1 is 0.923 bits per heavy atom. The van der Waals surface area contributed by atoms with Gasteiger partial charge in [0.15, 0.2) is 0 Å². The summed E-state index contributed by atoms with van der Waals surface area (Å²) in [4.78, 5) is 0. The minimum Gasteiger partial charge on any atom is -0.176 e. The van der Waals surface area contributed by atoms with Crippen LogP contribution >= 0.6 is 12.6 Å². The van der Waals surface area contributed by atoms with E-state index in [9.17, 15) is 0 Å². The molecule has 2 unspecified atom stereocenters. The number of hydrogen-bond donors (Lipinski definition) is 1. The Kier molecular flexibility index (Phi) is 5.23. The zero-order chi connectivity index (χ0) is 9.68. The van der Waals surface area contributed by atoms with E-state index in [-0.39, 0.29) is 0 Å². The SMILES string of the molecule is CC(S)C(C)C1CCCCCCC1. The smallest absolute Gasteiger partial charge is 0.00167 e. The third kappa shape index (κ3) is 3.93. The summed E-state index contributed by atoms with van der Waals surface area (Å²) < 4.78 is 0. The van der Waals surface area contributed by atoms with E-state index in [0.717, 1.165) is 11.8 Å². The lowest BCUT2D eigenvalue weighted by Crippen LogP contribution is -2.20. The highest BCUT2D eigenvalue weighted by molar-refractivity contribution is 7.80. The van der Waals surface area contributed by atoms with Crippen LogP contribution in [0.4, 0.5) is 0 Å². The first-order valence-electron chi connectivity index (χ1n) is 5.90. The molecule has 1 fully saturated rings. The van der Waals surface area contributed by atoms with Crippen molar-refractivity contribution < 1.29 is 0 Å². The minimum atomic E-state index is 0.574. The van der Waals surface area contributed by atoms with Gasteiger partial charge >= 0.3 is 0 Å². The van der Waals surface area contributed by atoms with Gasteiger partial charge < -0.3 is 0 Å². The number of rotatable bonds is 2. The van der Waals surface area contributed by atoms with Gasteiger partial charge in [-0.1, -0.05) is 58.8 Å². The zero-order valence-electron chi connectivity index (χ0n) is 9.13. The standard InChI is InChI=1S/C12H24S/c1-10(11(2)13)12-8-6-4-3-5-7-9-12/h10-13H,3-9H2,1-2H3. The van der Waals surface area contributed by atoms with Crippen molar-refractivity contribution in [3.63, 3.8) is 0 Å². The summed E-state index contributed by atoms with van der Waals surface area (Å²) in [6.07, 6.45) is 10.2. The Morgan fingerprint density at radius 3 is 1.85 bits per heavy atom. The Morgan fingerprint density at radius 2 is 1.38 bits per heavy atom. The third-order valence-electron chi connectivity index (χ3n) is 3.65. The van der Waals surface area contributed by atoms with Gasteiger partial charge in [0.2, 0.25) is 0 Å². The lowest BCUT2D eigenvalue weighted by atomic mass is 9.81. The van der Waals surface area contributed by atoms with E-state index in [4.69, 9.17) is 0 Å². The molecule has 0 heterocycles. The summed E-state index contributed by atoms with van der Waals surface area (Å²) in [5.74, 6) is 1.76. The summed E-state index contributed by atoms with van der Waals surface area (Å²) in [6, 6.07) is 0. The molecule has 0 amide bonds. The van der Waals surface area contributed by atoms with Crippen molar-refractivity contribution in [3.05, 3.63) is 0 Å². The summed E-state index contributed by atoms with van der Waals surface area (Å²) in [7, 11) is 0. The molecule has 0 bridgehead atoms. The minimum absolute atomic E-state index is 0.574. The molecule has 0 N–H and O–H groups in total. The first-order valence-corrected chi connectivity index (χ1v) is 6.41. The van der Waals surface area contributed by atoms with Gasteiger partial charge in [-0.25, -0.2) is 0 Å². The van der Waals surface area contributed by atoms with Crippen LogP contribution in [0.15, 0.2) is 0 Å². The van der Waals surface area contributed by atoms with E-state index in [2.05, 4.69) is 26.5 Å². The van der Waals surface area contributed by atoms with Crippen LogP contribution in [0.1, 0.15) is 58.8 Å². The monoisotopic (exact) mass is 200 g/mol. The molecule has 0 spiro atoms. The molecule has 1 aliphatic rings. The van der Waals surface area contributed by atoms with Crippen molar-refractivity contribution in [1.82, 2.24) is 0 Å². The van der Waals surface area contributed by atoms with E-state index in [1.165, 1.54) is 44.9 Å². The Balaban J connectivity index is 2.36. The molecule has 1 saturated carbocycles. The second-order valence-corrected chi connectivity index (χ2v) is 5.52. The second-order valence-electron chi connectivity index (χ2n) is 4.70. The van der Waals surface area contributed by atoms with Gasteiger partial charge in [-0.3, -0.25) is 0 Å². The molecule has 1 aliphatic carbocycles. The number of thiol groups is 1. The van der Waals surface area contributed by atoms with Gasteiger partial charge in [-0.2, -0.15) is 12.6 Å². The molecule has 0 aromatic carbocycles. The quantitative estimate of drug-likeness (QED) is 0.631. The fourth-order valence-electron chi connectivity index (χ4n) is 2.41. The van der Waals surface area contributed by atoms with Crippen LogP contribution in [0.2, 0.25) is 0 Å². The Labute approximate surface area is 88.9 Å². The molecule has 0 radical (unpaired) electrons. The lowest BCUT2D eigenvalue weighted by molar-refractivity contribution is 0.281. The van der Waals surface area contributed by atoms with Crippen LogP contribution < -0.4 is 0 Å². The van der Waals surface area contributed by atoms with E-state index < -0.39 is 0 Å². The highest BCUT2D eigenvalue weighted by atomic mass is 32.1. The summed E-state index contributed by atoms with van der Waals surface area (Å²) in [6.45, 7) is 4.62. The molecule has 0 aromatic rings. The normalized spacial score (nSPS) is 26.1. The molecule has 78 valence electrons. The predicted octanol–water partition coefficient (Wildman–Crippen LogP) is 4.30. The molecular formula is C12H24S. The van der Waals surface area contributed by atoms with Gasteiger partial charge in [0.05, 0.1) is 0 Å². The van der Waals surface area contributed by atoms with E-state index in [0.29, 0.717) is 5.25 Å². The van der Waals surface area contributed by atoms with Crippen LogP contribution in [0.25, 0.3) is 0 Å². The summed E-state index contributed by atoms with van der Waals surface area (Å²) >= 11 is 4.57. The third-order valence-corrected chi connectivity index (χ3v) is 4.12. The molecular weight excluding hydrogens is 176 g/mol. The number of hydrogen-bond acceptors (Lipinski definition) is 1. The zero-order valence-corrected chi connectivity index (χ0v) is 10.0. The molecule has 2 atom stereocenters. The fraction of sp³-hybridized carbons (Fsp3) is 1.00. The lowest BCUT2D eigenvalue weighted by Gasteiger charge is -2.28. The molecule has 0 nitrogen and oxygen atoms in total. The molecule has 1 rings (SSSR count). The van der Waals surface area contributed by atoms with E-state index >= 15 is 0 Å². The van der Waals surface area contributed by atoms with E-state index in [1.807, 2.05) is 0 Å². The van der Waals surface area contributed by atoms with Crippen molar-refractivity contribution in [2.75, 3.05) is 0 Å².